The zero-order valence-electron chi connectivity index (χ0n) is 8.13. The van der Waals surface area contributed by atoms with Gasteiger partial charge in [-0.25, -0.2) is 4.98 Å². The third-order valence-corrected chi connectivity index (χ3v) is 2.64. The van der Waals surface area contributed by atoms with Gasteiger partial charge in [-0.3, -0.25) is 0 Å². The molecule has 0 atom stereocenters. The fourth-order valence-corrected chi connectivity index (χ4v) is 1.79. The van der Waals surface area contributed by atoms with E-state index in [0.29, 0.717) is 18.9 Å². The van der Waals surface area contributed by atoms with Crippen molar-refractivity contribution < 1.29 is 13.2 Å². The molecule has 1 aliphatic heterocycles. The van der Waals surface area contributed by atoms with Crippen LogP contribution in [0, 0.1) is 0 Å². The SMILES string of the molecule is NC1CN(c2ncc(C(F)(F)F)cc2Cl)C1. The summed E-state index contributed by atoms with van der Waals surface area (Å²) in [6.07, 6.45) is -3.63. The third-order valence-electron chi connectivity index (χ3n) is 2.36. The Morgan fingerprint density at radius 1 is 1.44 bits per heavy atom. The monoisotopic (exact) mass is 251 g/mol. The van der Waals surface area contributed by atoms with Gasteiger partial charge in [0.25, 0.3) is 0 Å². The van der Waals surface area contributed by atoms with Gasteiger partial charge in [0.2, 0.25) is 0 Å². The van der Waals surface area contributed by atoms with Gasteiger partial charge < -0.3 is 10.6 Å². The van der Waals surface area contributed by atoms with Crippen LogP contribution in [-0.2, 0) is 6.18 Å². The first-order chi connectivity index (χ1) is 7.38. The smallest absolute Gasteiger partial charge is 0.352 e. The van der Waals surface area contributed by atoms with E-state index in [1.807, 2.05) is 0 Å². The molecule has 1 aromatic rings. The molecule has 88 valence electrons. The van der Waals surface area contributed by atoms with E-state index in [4.69, 9.17) is 17.3 Å². The van der Waals surface area contributed by atoms with Crippen molar-refractivity contribution in [2.45, 2.75) is 12.2 Å². The summed E-state index contributed by atoms with van der Waals surface area (Å²) in [7, 11) is 0. The van der Waals surface area contributed by atoms with Gasteiger partial charge in [0, 0.05) is 25.3 Å². The summed E-state index contributed by atoms with van der Waals surface area (Å²) in [4.78, 5) is 5.46. The summed E-state index contributed by atoms with van der Waals surface area (Å²) in [6, 6.07) is 0.924. The van der Waals surface area contributed by atoms with Gasteiger partial charge in [-0.1, -0.05) is 11.6 Å². The Hall–Kier alpha value is -1.01. The average Bonchev–Trinajstić information content (AvgIpc) is 2.12. The minimum absolute atomic E-state index is 0.00160. The Morgan fingerprint density at radius 3 is 2.50 bits per heavy atom. The van der Waals surface area contributed by atoms with Crippen LogP contribution in [-0.4, -0.2) is 24.1 Å². The molecule has 0 aliphatic carbocycles. The molecular weight excluding hydrogens is 243 g/mol. The number of nitrogens with zero attached hydrogens (tertiary/aromatic N) is 2. The summed E-state index contributed by atoms with van der Waals surface area (Å²) < 4.78 is 37.0. The molecule has 2 N–H and O–H groups in total. The Labute approximate surface area is 95.0 Å². The Kier molecular flexibility index (Phi) is 2.71. The minimum atomic E-state index is -4.42. The molecule has 1 saturated heterocycles. The molecule has 0 radical (unpaired) electrons. The molecule has 16 heavy (non-hydrogen) atoms. The topological polar surface area (TPSA) is 42.1 Å². The van der Waals surface area contributed by atoms with Crippen molar-refractivity contribution in [2.24, 2.45) is 5.73 Å². The second-order valence-corrected chi connectivity index (χ2v) is 4.10. The van der Waals surface area contributed by atoms with Crippen LogP contribution in [0.2, 0.25) is 5.02 Å². The first-order valence-corrected chi connectivity index (χ1v) is 4.99. The van der Waals surface area contributed by atoms with Crippen LogP contribution in [0.3, 0.4) is 0 Å². The molecule has 2 rings (SSSR count). The van der Waals surface area contributed by atoms with Crippen molar-refractivity contribution in [3.8, 4) is 0 Å². The Morgan fingerprint density at radius 2 is 2.06 bits per heavy atom. The number of alkyl halides is 3. The lowest BCUT2D eigenvalue weighted by molar-refractivity contribution is -0.137. The van der Waals surface area contributed by atoms with E-state index in [-0.39, 0.29) is 11.1 Å². The number of aromatic nitrogens is 1. The Bertz CT molecular complexity index is 401. The van der Waals surface area contributed by atoms with Crippen LogP contribution in [0.1, 0.15) is 5.56 Å². The molecule has 7 heteroatoms. The normalized spacial score (nSPS) is 17.4. The molecule has 0 bridgehead atoms. The fraction of sp³-hybridized carbons (Fsp3) is 0.444. The maximum Gasteiger partial charge on any atom is 0.417 e. The van der Waals surface area contributed by atoms with Crippen LogP contribution < -0.4 is 10.6 Å². The molecule has 2 heterocycles. The van der Waals surface area contributed by atoms with Gasteiger partial charge in [0.05, 0.1) is 10.6 Å². The van der Waals surface area contributed by atoms with E-state index < -0.39 is 11.7 Å². The molecule has 1 aromatic heterocycles. The maximum absolute atomic E-state index is 12.3. The second-order valence-electron chi connectivity index (χ2n) is 3.69. The third kappa shape index (κ3) is 2.08. The van der Waals surface area contributed by atoms with Gasteiger partial charge >= 0.3 is 6.18 Å². The predicted octanol–water partition coefficient (Wildman–Crippen LogP) is 1.90. The van der Waals surface area contributed by atoms with Gasteiger partial charge in [-0.15, -0.1) is 0 Å². The lowest BCUT2D eigenvalue weighted by Gasteiger charge is -2.38. The van der Waals surface area contributed by atoms with Crippen molar-refractivity contribution >= 4 is 17.4 Å². The summed E-state index contributed by atoms with van der Waals surface area (Å²) in [5.74, 6) is 0.358. The lowest BCUT2D eigenvalue weighted by Crippen LogP contribution is -2.56. The van der Waals surface area contributed by atoms with Gasteiger partial charge in [0.15, 0.2) is 0 Å². The van der Waals surface area contributed by atoms with Crippen molar-refractivity contribution in [1.82, 2.24) is 4.98 Å². The van der Waals surface area contributed by atoms with Gasteiger partial charge in [0.1, 0.15) is 5.82 Å². The highest BCUT2D eigenvalue weighted by molar-refractivity contribution is 6.33. The molecule has 1 aliphatic rings. The van der Waals surface area contributed by atoms with Crippen LogP contribution in [0.5, 0.6) is 0 Å². The zero-order chi connectivity index (χ0) is 11.9. The van der Waals surface area contributed by atoms with Gasteiger partial charge in [-0.2, -0.15) is 13.2 Å². The summed E-state index contributed by atoms with van der Waals surface area (Å²) in [5, 5.41) is 0.00160. The fourth-order valence-electron chi connectivity index (χ4n) is 1.50. The van der Waals surface area contributed by atoms with E-state index >= 15 is 0 Å². The van der Waals surface area contributed by atoms with Crippen molar-refractivity contribution in [2.75, 3.05) is 18.0 Å². The minimum Gasteiger partial charge on any atom is -0.352 e. The van der Waals surface area contributed by atoms with Crippen LogP contribution in [0.25, 0.3) is 0 Å². The van der Waals surface area contributed by atoms with Gasteiger partial charge in [-0.05, 0) is 6.07 Å². The zero-order valence-corrected chi connectivity index (χ0v) is 8.89. The molecular formula is C9H9ClF3N3. The molecule has 0 aromatic carbocycles. The average molecular weight is 252 g/mol. The summed E-state index contributed by atoms with van der Waals surface area (Å²) in [6.45, 7) is 1.14. The van der Waals surface area contributed by atoms with Crippen LogP contribution >= 0.6 is 11.6 Å². The second kappa shape index (κ2) is 3.78. The van der Waals surface area contributed by atoms with E-state index in [0.717, 1.165) is 12.3 Å². The number of rotatable bonds is 1. The maximum atomic E-state index is 12.3. The highest BCUT2D eigenvalue weighted by atomic mass is 35.5. The molecule has 3 nitrogen and oxygen atoms in total. The summed E-state index contributed by atoms with van der Waals surface area (Å²) >= 11 is 5.75. The predicted molar refractivity (Wildman–Crippen MR) is 54.4 cm³/mol. The van der Waals surface area contributed by atoms with Crippen molar-refractivity contribution in [1.29, 1.82) is 0 Å². The number of halogens is 4. The van der Waals surface area contributed by atoms with Crippen molar-refractivity contribution in [3.63, 3.8) is 0 Å². The van der Waals surface area contributed by atoms with Crippen molar-refractivity contribution in [3.05, 3.63) is 22.8 Å². The first kappa shape index (κ1) is 11.5. The molecule has 0 spiro atoms. The number of hydrogen-bond acceptors (Lipinski definition) is 3. The molecule has 0 unspecified atom stereocenters. The largest absolute Gasteiger partial charge is 0.417 e. The number of anilines is 1. The number of pyridine rings is 1. The van der Waals surface area contributed by atoms with E-state index in [2.05, 4.69) is 4.98 Å². The van der Waals surface area contributed by atoms with Crippen LogP contribution in [0.15, 0.2) is 12.3 Å². The standard InChI is InChI=1S/C9H9ClF3N3/c10-7-1-5(9(11,12)13)2-15-8(7)16-3-6(14)4-16/h1-2,6H,3-4,14H2. The first-order valence-electron chi connectivity index (χ1n) is 4.61. The molecule has 1 fully saturated rings. The lowest BCUT2D eigenvalue weighted by atomic mass is 10.1. The Balaban J connectivity index is 2.24. The quantitative estimate of drug-likeness (QED) is 0.829. The number of hydrogen-bond donors (Lipinski definition) is 1. The van der Waals surface area contributed by atoms with E-state index in [9.17, 15) is 13.2 Å². The summed E-state index contributed by atoms with van der Waals surface area (Å²) in [5.41, 5.74) is 4.72. The van der Waals surface area contributed by atoms with Crippen LogP contribution in [0.4, 0.5) is 19.0 Å². The molecule has 0 saturated carbocycles. The number of nitrogens with two attached hydrogens (primary N) is 1. The van der Waals surface area contributed by atoms with E-state index in [1.165, 1.54) is 0 Å². The highest BCUT2D eigenvalue weighted by Gasteiger charge is 2.33. The van der Waals surface area contributed by atoms with E-state index in [1.54, 1.807) is 4.90 Å². The highest BCUT2D eigenvalue weighted by Crippen LogP contribution is 2.34. The molecule has 0 amide bonds.